The minimum absolute atomic E-state index is 0.0500. The van der Waals surface area contributed by atoms with Gasteiger partial charge in [-0.25, -0.2) is 9.67 Å². The standard InChI is InChI=1S/C16H19N5OS/c1-9(2)15-19-14-4-3-10(8-21(14)20-15)17-16(22)12-7-13-11(18-12)5-6-23-13/h5-7,9-10,18H,3-4,8H2,1-2H3,(H,17,22). The summed E-state index contributed by atoms with van der Waals surface area (Å²) in [5.74, 6) is 2.19. The van der Waals surface area contributed by atoms with E-state index in [0.717, 1.165) is 34.7 Å². The van der Waals surface area contributed by atoms with Crippen LogP contribution in [0.3, 0.4) is 0 Å². The lowest BCUT2D eigenvalue weighted by molar-refractivity contribution is 0.0922. The van der Waals surface area contributed by atoms with E-state index in [1.807, 2.05) is 22.2 Å². The summed E-state index contributed by atoms with van der Waals surface area (Å²) in [4.78, 5) is 20.2. The fourth-order valence-corrected chi connectivity index (χ4v) is 3.71. The number of carbonyl (C=O) groups excluding carboxylic acids is 1. The summed E-state index contributed by atoms with van der Waals surface area (Å²) in [6.45, 7) is 4.88. The summed E-state index contributed by atoms with van der Waals surface area (Å²) in [5, 5.41) is 9.68. The topological polar surface area (TPSA) is 75.6 Å². The molecule has 120 valence electrons. The number of nitrogens with one attached hydrogen (secondary N) is 2. The predicted octanol–water partition coefficient (Wildman–Crippen LogP) is 2.69. The van der Waals surface area contributed by atoms with Gasteiger partial charge in [0.15, 0.2) is 5.82 Å². The van der Waals surface area contributed by atoms with Crippen LogP contribution in [0.5, 0.6) is 0 Å². The molecule has 1 aliphatic heterocycles. The first kappa shape index (κ1) is 14.4. The Morgan fingerprint density at radius 2 is 2.39 bits per heavy atom. The maximum Gasteiger partial charge on any atom is 0.268 e. The average molecular weight is 329 g/mol. The highest BCUT2D eigenvalue weighted by Gasteiger charge is 2.24. The molecule has 3 aromatic rings. The molecule has 0 aliphatic carbocycles. The van der Waals surface area contributed by atoms with Crippen LogP contribution in [0, 0.1) is 0 Å². The number of fused-ring (bicyclic) bond motifs is 2. The highest BCUT2D eigenvalue weighted by Crippen LogP contribution is 2.22. The number of aromatic amines is 1. The average Bonchev–Trinajstić information content (AvgIpc) is 3.20. The van der Waals surface area contributed by atoms with E-state index in [0.29, 0.717) is 18.2 Å². The first-order valence-corrected chi connectivity index (χ1v) is 8.79. The van der Waals surface area contributed by atoms with Crippen LogP contribution in [0.1, 0.15) is 48.3 Å². The van der Waals surface area contributed by atoms with Gasteiger partial charge in [-0.1, -0.05) is 13.8 Å². The number of rotatable bonds is 3. The van der Waals surface area contributed by atoms with Crippen molar-refractivity contribution in [1.29, 1.82) is 0 Å². The third-order valence-electron chi connectivity index (χ3n) is 4.21. The van der Waals surface area contributed by atoms with Gasteiger partial charge in [0.25, 0.3) is 5.91 Å². The molecule has 0 saturated carbocycles. The van der Waals surface area contributed by atoms with E-state index in [-0.39, 0.29) is 11.9 Å². The number of hydrogen-bond donors (Lipinski definition) is 2. The normalized spacial score (nSPS) is 17.6. The molecule has 2 N–H and O–H groups in total. The van der Waals surface area contributed by atoms with Gasteiger partial charge in [-0.05, 0) is 23.9 Å². The second-order valence-electron chi connectivity index (χ2n) is 6.31. The highest BCUT2D eigenvalue weighted by molar-refractivity contribution is 7.17. The van der Waals surface area contributed by atoms with Crippen molar-refractivity contribution in [3.8, 4) is 0 Å². The SMILES string of the molecule is CC(C)c1nc2n(n1)CC(NC(=O)c1cc3sccc3[nH]1)CC2. The molecule has 0 radical (unpaired) electrons. The summed E-state index contributed by atoms with van der Waals surface area (Å²) in [7, 11) is 0. The molecule has 1 unspecified atom stereocenters. The summed E-state index contributed by atoms with van der Waals surface area (Å²) >= 11 is 1.63. The third kappa shape index (κ3) is 2.65. The van der Waals surface area contributed by atoms with Gasteiger partial charge in [-0.3, -0.25) is 4.79 Å². The molecule has 0 bridgehead atoms. The fourth-order valence-electron chi connectivity index (χ4n) is 2.92. The van der Waals surface area contributed by atoms with Gasteiger partial charge in [0.1, 0.15) is 11.5 Å². The predicted molar refractivity (Wildman–Crippen MR) is 89.9 cm³/mol. The molecule has 7 heteroatoms. The monoisotopic (exact) mass is 329 g/mol. The van der Waals surface area contributed by atoms with E-state index < -0.39 is 0 Å². The van der Waals surface area contributed by atoms with Gasteiger partial charge in [-0.15, -0.1) is 11.3 Å². The molecule has 3 aromatic heterocycles. The largest absolute Gasteiger partial charge is 0.350 e. The van der Waals surface area contributed by atoms with E-state index >= 15 is 0 Å². The van der Waals surface area contributed by atoms with Crippen LogP contribution in [-0.4, -0.2) is 31.7 Å². The fraction of sp³-hybridized carbons (Fsp3) is 0.438. The smallest absolute Gasteiger partial charge is 0.268 e. The van der Waals surface area contributed by atoms with Gasteiger partial charge in [0.2, 0.25) is 0 Å². The Labute approximate surface area is 137 Å². The van der Waals surface area contributed by atoms with Crippen LogP contribution in [0.4, 0.5) is 0 Å². The van der Waals surface area contributed by atoms with Crippen LogP contribution >= 0.6 is 11.3 Å². The molecule has 0 saturated heterocycles. The molecule has 0 aromatic carbocycles. The molecule has 1 aliphatic rings. The number of aryl methyl sites for hydroxylation is 1. The molecule has 0 fully saturated rings. The maximum atomic E-state index is 12.4. The van der Waals surface area contributed by atoms with Crippen molar-refractivity contribution in [2.75, 3.05) is 0 Å². The number of aromatic nitrogens is 4. The summed E-state index contributed by atoms with van der Waals surface area (Å²) in [5.41, 5.74) is 1.64. The molecule has 23 heavy (non-hydrogen) atoms. The Bertz CT molecular complexity index is 830. The molecular formula is C16H19N5OS. The second kappa shape index (κ2) is 5.49. The minimum atomic E-state index is -0.0500. The number of thiophene rings is 1. The number of H-pyrrole nitrogens is 1. The van der Waals surface area contributed by atoms with Crippen LogP contribution < -0.4 is 5.32 Å². The highest BCUT2D eigenvalue weighted by atomic mass is 32.1. The van der Waals surface area contributed by atoms with Crippen molar-refractivity contribution in [3.63, 3.8) is 0 Å². The second-order valence-corrected chi connectivity index (χ2v) is 7.26. The zero-order valence-electron chi connectivity index (χ0n) is 13.2. The van der Waals surface area contributed by atoms with Crippen molar-refractivity contribution >= 4 is 27.5 Å². The molecule has 6 nitrogen and oxygen atoms in total. The van der Waals surface area contributed by atoms with Crippen LogP contribution in [0.2, 0.25) is 0 Å². The van der Waals surface area contributed by atoms with Gasteiger partial charge >= 0.3 is 0 Å². The number of nitrogens with zero attached hydrogens (tertiary/aromatic N) is 3. The van der Waals surface area contributed by atoms with E-state index in [2.05, 4.69) is 34.2 Å². The van der Waals surface area contributed by atoms with Crippen molar-refractivity contribution in [3.05, 3.63) is 34.9 Å². The number of carbonyl (C=O) groups is 1. The van der Waals surface area contributed by atoms with Crippen molar-refractivity contribution in [2.45, 2.75) is 45.2 Å². The number of amides is 1. The summed E-state index contributed by atoms with van der Waals surface area (Å²) in [6.07, 6.45) is 1.75. The van der Waals surface area contributed by atoms with Crippen molar-refractivity contribution < 1.29 is 4.79 Å². The van der Waals surface area contributed by atoms with Crippen LogP contribution in [0.15, 0.2) is 17.5 Å². The van der Waals surface area contributed by atoms with E-state index in [4.69, 9.17) is 0 Å². The maximum absolute atomic E-state index is 12.4. The van der Waals surface area contributed by atoms with E-state index in [9.17, 15) is 4.79 Å². The Morgan fingerprint density at radius 1 is 1.52 bits per heavy atom. The van der Waals surface area contributed by atoms with Gasteiger partial charge in [0, 0.05) is 18.4 Å². The lowest BCUT2D eigenvalue weighted by atomic mass is 10.1. The molecule has 4 heterocycles. The summed E-state index contributed by atoms with van der Waals surface area (Å²) < 4.78 is 3.05. The van der Waals surface area contributed by atoms with E-state index in [1.54, 1.807) is 11.3 Å². The molecule has 0 spiro atoms. The zero-order valence-corrected chi connectivity index (χ0v) is 14.0. The Hall–Kier alpha value is -2.15. The third-order valence-corrected chi connectivity index (χ3v) is 5.07. The zero-order chi connectivity index (χ0) is 16.0. The minimum Gasteiger partial charge on any atom is -0.350 e. The first-order valence-electron chi connectivity index (χ1n) is 7.91. The lowest BCUT2D eigenvalue weighted by Gasteiger charge is -2.23. The Morgan fingerprint density at radius 3 is 3.17 bits per heavy atom. The summed E-state index contributed by atoms with van der Waals surface area (Å²) in [6, 6.07) is 4.00. The Balaban J connectivity index is 1.47. The Kier molecular flexibility index (Phi) is 3.45. The first-order chi connectivity index (χ1) is 11.1. The van der Waals surface area contributed by atoms with Crippen molar-refractivity contribution in [1.82, 2.24) is 25.1 Å². The molecular weight excluding hydrogens is 310 g/mol. The number of hydrogen-bond acceptors (Lipinski definition) is 4. The van der Waals surface area contributed by atoms with Gasteiger partial charge in [-0.2, -0.15) is 5.10 Å². The van der Waals surface area contributed by atoms with E-state index in [1.165, 1.54) is 0 Å². The molecule has 4 rings (SSSR count). The van der Waals surface area contributed by atoms with Crippen LogP contribution in [-0.2, 0) is 13.0 Å². The van der Waals surface area contributed by atoms with Crippen LogP contribution in [0.25, 0.3) is 10.2 Å². The van der Waals surface area contributed by atoms with Gasteiger partial charge in [0.05, 0.1) is 16.8 Å². The molecule has 1 amide bonds. The lowest BCUT2D eigenvalue weighted by Crippen LogP contribution is -2.41. The van der Waals surface area contributed by atoms with Gasteiger partial charge < -0.3 is 10.3 Å². The van der Waals surface area contributed by atoms with Crippen molar-refractivity contribution in [2.24, 2.45) is 0 Å². The quantitative estimate of drug-likeness (QED) is 0.776. The molecule has 1 atom stereocenters.